The third-order valence-corrected chi connectivity index (χ3v) is 4.11. The van der Waals surface area contributed by atoms with Crippen LogP contribution in [-0.2, 0) is 0 Å². The Hall–Kier alpha value is -1.91. The van der Waals surface area contributed by atoms with Gasteiger partial charge in [-0.15, -0.1) is 18.3 Å². The van der Waals surface area contributed by atoms with Crippen LogP contribution in [0.15, 0.2) is 60.0 Å². The lowest BCUT2D eigenvalue weighted by Gasteiger charge is -2.11. The third-order valence-electron chi connectivity index (χ3n) is 2.73. The van der Waals surface area contributed by atoms with Gasteiger partial charge in [-0.05, 0) is 30.3 Å². The molecule has 0 heterocycles. The molecule has 0 spiro atoms. The summed E-state index contributed by atoms with van der Waals surface area (Å²) < 4.78 is 0. The molecule has 0 aliphatic heterocycles. The average Bonchev–Trinajstić information content (AvgIpc) is 2.46. The van der Waals surface area contributed by atoms with Gasteiger partial charge in [0.2, 0.25) is 0 Å². The van der Waals surface area contributed by atoms with Crippen molar-refractivity contribution in [3.63, 3.8) is 0 Å². The molecular formula is C16H15ClN2OS. The van der Waals surface area contributed by atoms with Gasteiger partial charge in [0, 0.05) is 16.3 Å². The zero-order valence-corrected chi connectivity index (χ0v) is 12.9. The summed E-state index contributed by atoms with van der Waals surface area (Å²) in [7, 11) is 0. The van der Waals surface area contributed by atoms with Crippen LogP contribution in [0.3, 0.4) is 0 Å². The molecule has 108 valence electrons. The van der Waals surface area contributed by atoms with E-state index in [1.54, 1.807) is 30.0 Å². The van der Waals surface area contributed by atoms with Crippen molar-refractivity contribution in [1.82, 2.24) is 0 Å². The van der Waals surface area contributed by atoms with Crippen LogP contribution in [0.2, 0.25) is 5.02 Å². The van der Waals surface area contributed by atoms with Crippen LogP contribution in [0.4, 0.5) is 11.4 Å². The van der Waals surface area contributed by atoms with Crippen LogP contribution in [-0.4, -0.2) is 11.7 Å². The van der Waals surface area contributed by atoms with Gasteiger partial charge in [-0.2, -0.15) is 0 Å². The summed E-state index contributed by atoms with van der Waals surface area (Å²) in [5, 5.41) is 3.21. The van der Waals surface area contributed by atoms with E-state index in [2.05, 4.69) is 11.9 Å². The summed E-state index contributed by atoms with van der Waals surface area (Å²) in [6, 6.07) is 12.4. The molecule has 0 unspecified atom stereocenters. The maximum atomic E-state index is 12.3. The molecule has 2 rings (SSSR count). The smallest absolute Gasteiger partial charge is 0.257 e. The number of para-hydroxylation sites is 1. The Labute approximate surface area is 133 Å². The van der Waals surface area contributed by atoms with Crippen molar-refractivity contribution in [3.8, 4) is 0 Å². The molecule has 0 saturated carbocycles. The number of rotatable bonds is 5. The molecule has 0 bridgehead atoms. The topological polar surface area (TPSA) is 55.1 Å². The molecule has 3 N–H and O–H groups in total. The molecule has 0 saturated heterocycles. The summed E-state index contributed by atoms with van der Waals surface area (Å²) >= 11 is 7.66. The first-order chi connectivity index (χ1) is 10.1. The fourth-order valence-electron chi connectivity index (χ4n) is 1.75. The van der Waals surface area contributed by atoms with Crippen molar-refractivity contribution in [2.75, 3.05) is 16.8 Å². The zero-order chi connectivity index (χ0) is 15.2. The van der Waals surface area contributed by atoms with E-state index in [1.807, 2.05) is 30.3 Å². The number of hydrogen-bond acceptors (Lipinski definition) is 3. The molecule has 0 atom stereocenters. The average molecular weight is 319 g/mol. The lowest BCUT2D eigenvalue weighted by atomic mass is 10.2. The molecule has 0 radical (unpaired) electrons. The number of carbonyl (C=O) groups is 1. The number of nitrogen functional groups attached to an aromatic ring is 1. The van der Waals surface area contributed by atoms with Gasteiger partial charge in [0.25, 0.3) is 5.91 Å². The summed E-state index contributed by atoms with van der Waals surface area (Å²) in [4.78, 5) is 13.3. The highest BCUT2D eigenvalue weighted by atomic mass is 35.5. The Morgan fingerprint density at radius 2 is 2.10 bits per heavy atom. The number of benzene rings is 2. The number of halogens is 1. The molecule has 0 aliphatic carbocycles. The van der Waals surface area contributed by atoms with Gasteiger partial charge < -0.3 is 11.1 Å². The monoisotopic (exact) mass is 318 g/mol. The normalized spacial score (nSPS) is 10.1. The van der Waals surface area contributed by atoms with Crippen molar-refractivity contribution in [2.45, 2.75) is 4.90 Å². The first-order valence-electron chi connectivity index (χ1n) is 6.31. The highest BCUT2D eigenvalue weighted by Crippen LogP contribution is 2.28. The van der Waals surface area contributed by atoms with Gasteiger partial charge in [0.15, 0.2) is 0 Å². The quantitative estimate of drug-likeness (QED) is 0.486. The predicted octanol–water partition coefficient (Wildman–Crippen LogP) is 4.45. The van der Waals surface area contributed by atoms with Crippen molar-refractivity contribution in [3.05, 3.63) is 65.7 Å². The molecule has 0 aromatic heterocycles. The van der Waals surface area contributed by atoms with Crippen LogP contribution in [0.25, 0.3) is 0 Å². The van der Waals surface area contributed by atoms with Crippen molar-refractivity contribution in [2.24, 2.45) is 0 Å². The molecule has 5 heteroatoms. The number of nitrogens with one attached hydrogen (secondary N) is 1. The van der Waals surface area contributed by atoms with Crippen molar-refractivity contribution in [1.29, 1.82) is 0 Å². The maximum absolute atomic E-state index is 12.3. The molecule has 21 heavy (non-hydrogen) atoms. The number of thioether (sulfide) groups is 1. The van der Waals surface area contributed by atoms with E-state index in [0.29, 0.717) is 16.3 Å². The SMILES string of the molecule is C=CCSc1ccccc1NC(=O)c1ccc(N)cc1Cl. The number of anilines is 2. The minimum atomic E-state index is -0.258. The van der Waals surface area contributed by atoms with E-state index in [-0.39, 0.29) is 5.91 Å². The Kier molecular flexibility index (Phi) is 5.31. The minimum Gasteiger partial charge on any atom is -0.399 e. The lowest BCUT2D eigenvalue weighted by molar-refractivity contribution is 0.102. The van der Waals surface area contributed by atoms with Crippen LogP contribution in [0, 0.1) is 0 Å². The second kappa shape index (κ2) is 7.20. The molecule has 1 amide bonds. The van der Waals surface area contributed by atoms with Crippen LogP contribution in [0.5, 0.6) is 0 Å². The third kappa shape index (κ3) is 4.03. The molecule has 0 aliphatic rings. The van der Waals surface area contributed by atoms with Crippen molar-refractivity contribution < 1.29 is 4.79 Å². The van der Waals surface area contributed by atoms with E-state index in [9.17, 15) is 4.79 Å². The van der Waals surface area contributed by atoms with Gasteiger partial charge in [-0.3, -0.25) is 4.79 Å². The van der Waals surface area contributed by atoms with E-state index >= 15 is 0 Å². The Morgan fingerprint density at radius 1 is 1.33 bits per heavy atom. The van der Waals surface area contributed by atoms with Crippen molar-refractivity contribution >= 4 is 40.6 Å². The summed E-state index contributed by atoms with van der Waals surface area (Å²) in [5.41, 5.74) is 7.31. The Morgan fingerprint density at radius 3 is 2.81 bits per heavy atom. The Bertz CT molecular complexity index is 673. The van der Waals surface area contributed by atoms with E-state index in [4.69, 9.17) is 17.3 Å². The largest absolute Gasteiger partial charge is 0.399 e. The van der Waals surface area contributed by atoms with Crippen LogP contribution in [0.1, 0.15) is 10.4 Å². The maximum Gasteiger partial charge on any atom is 0.257 e. The minimum absolute atomic E-state index is 0.258. The molecule has 2 aromatic carbocycles. The molecular weight excluding hydrogens is 304 g/mol. The zero-order valence-electron chi connectivity index (χ0n) is 11.3. The van der Waals surface area contributed by atoms with Gasteiger partial charge in [0.1, 0.15) is 0 Å². The fourth-order valence-corrected chi connectivity index (χ4v) is 2.77. The highest BCUT2D eigenvalue weighted by Gasteiger charge is 2.12. The number of nitrogens with two attached hydrogens (primary N) is 1. The lowest BCUT2D eigenvalue weighted by Crippen LogP contribution is -2.13. The van der Waals surface area contributed by atoms with Crippen LogP contribution >= 0.6 is 23.4 Å². The van der Waals surface area contributed by atoms with Crippen LogP contribution < -0.4 is 11.1 Å². The summed E-state index contributed by atoms with van der Waals surface area (Å²) in [5.74, 6) is 0.516. The second-order valence-electron chi connectivity index (χ2n) is 4.29. The van der Waals surface area contributed by atoms with Gasteiger partial charge in [-0.25, -0.2) is 0 Å². The van der Waals surface area contributed by atoms with Gasteiger partial charge in [-0.1, -0.05) is 29.8 Å². The van der Waals surface area contributed by atoms with E-state index < -0.39 is 0 Å². The van der Waals surface area contributed by atoms with E-state index in [0.717, 1.165) is 16.3 Å². The number of hydrogen-bond donors (Lipinski definition) is 2. The summed E-state index contributed by atoms with van der Waals surface area (Å²) in [6.07, 6.45) is 1.82. The highest BCUT2D eigenvalue weighted by molar-refractivity contribution is 7.99. The fraction of sp³-hybridized carbons (Fsp3) is 0.0625. The standard InChI is InChI=1S/C16H15ClN2OS/c1-2-9-21-15-6-4-3-5-14(15)19-16(20)12-8-7-11(18)10-13(12)17/h2-8,10H,1,9,18H2,(H,19,20). The first kappa shape index (κ1) is 15.5. The Balaban J connectivity index is 2.21. The first-order valence-corrected chi connectivity index (χ1v) is 7.67. The number of carbonyl (C=O) groups excluding carboxylic acids is 1. The second-order valence-corrected chi connectivity index (χ2v) is 5.76. The summed E-state index contributed by atoms with van der Waals surface area (Å²) in [6.45, 7) is 3.70. The predicted molar refractivity (Wildman–Crippen MR) is 91.2 cm³/mol. The molecule has 3 nitrogen and oxygen atoms in total. The number of amides is 1. The van der Waals surface area contributed by atoms with E-state index in [1.165, 1.54) is 0 Å². The molecule has 0 fully saturated rings. The van der Waals surface area contributed by atoms with Gasteiger partial charge in [0.05, 0.1) is 16.3 Å². The molecule has 2 aromatic rings. The van der Waals surface area contributed by atoms with Gasteiger partial charge >= 0.3 is 0 Å².